The second-order valence-corrected chi connectivity index (χ2v) is 4.11. The van der Waals surface area contributed by atoms with Crippen molar-refractivity contribution in [3.8, 4) is 0 Å². The summed E-state index contributed by atoms with van der Waals surface area (Å²) in [5.74, 6) is 0. The lowest BCUT2D eigenvalue weighted by Crippen LogP contribution is -2.07. The van der Waals surface area contributed by atoms with Gasteiger partial charge in [-0.15, -0.1) is 0 Å². The first-order valence-corrected chi connectivity index (χ1v) is 5.31. The van der Waals surface area contributed by atoms with Gasteiger partial charge < -0.3 is 9.72 Å². The van der Waals surface area contributed by atoms with Gasteiger partial charge in [-0.3, -0.25) is 4.79 Å². The molecule has 0 radical (unpaired) electrons. The minimum atomic E-state index is -0.0745. The van der Waals surface area contributed by atoms with E-state index in [-0.39, 0.29) is 5.43 Å². The molecule has 2 rings (SSSR count). The maximum absolute atomic E-state index is 11.9. The summed E-state index contributed by atoms with van der Waals surface area (Å²) in [6.07, 6.45) is 0. The Kier molecular flexibility index (Phi) is 2.99. The molecule has 84 valence electrons. The number of nitrogens with one attached hydrogen (secondary N) is 1. The van der Waals surface area contributed by atoms with Crippen LogP contribution < -0.4 is 5.43 Å². The summed E-state index contributed by atoms with van der Waals surface area (Å²) in [4.78, 5) is 15.1. The SMILES string of the molecule is COCc1cc(=O)c2c(Cl)ccc(C)c2[nH]1. The van der Waals surface area contributed by atoms with Crippen molar-refractivity contribution in [2.75, 3.05) is 7.11 Å². The van der Waals surface area contributed by atoms with E-state index < -0.39 is 0 Å². The lowest BCUT2D eigenvalue weighted by atomic mass is 10.1. The molecular formula is C12H12ClNO2. The molecule has 0 fully saturated rings. The van der Waals surface area contributed by atoms with E-state index in [2.05, 4.69) is 4.98 Å². The average Bonchev–Trinajstić information content (AvgIpc) is 2.23. The summed E-state index contributed by atoms with van der Waals surface area (Å²) in [5, 5.41) is 1.02. The molecule has 0 saturated heterocycles. The zero-order chi connectivity index (χ0) is 11.7. The molecule has 1 heterocycles. The van der Waals surface area contributed by atoms with Gasteiger partial charge in [-0.25, -0.2) is 0 Å². The van der Waals surface area contributed by atoms with Gasteiger partial charge in [0.05, 0.1) is 22.5 Å². The van der Waals surface area contributed by atoms with Crippen LogP contribution in [0.15, 0.2) is 23.0 Å². The lowest BCUT2D eigenvalue weighted by molar-refractivity contribution is 0.181. The largest absolute Gasteiger partial charge is 0.378 e. The molecule has 4 heteroatoms. The Hall–Kier alpha value is -1.32. The van der Waals surface area contributed by atoms with E-state index in [1.54, 1.807) is 13.2 Å². The molecule has 0 aliphatic rings. The van der Waals surface area contributed by atoms with E-state index >= 15 is 0 Å². The first-order chi connectivity index (χ1) is 7.63. The molecular weight excluding hydrogens is 226 g/mol. The van der Waals surface area contributed by atoms with Crippen LogP contribution in [0.4, 0.5) is 0 Å². The molecule has 0 aliphatic carbocycles. The summed E-state index contributed by atoms with van der Waals surface area (Å²) in [5.41, 5.74) is 2.46. The summed E-state index contributed by atoms with van der Waals surface area (Å²) < 4.78 is 5.00. The van der Waals surface area contributed by atoms with Crippen molar-refractivity contribution in [1.29, 1.82) is 0 Å². The number of aromatic amines is 1. The molecule has 0 unspecified atom stereocenters. The zero-order valence-electron chi connectivity index (χ0n) is 9.13. The van der Waals surface area contributed by atoms with Crippen LogP contribution in [0.1, 0.15) is 11.3 Å². The summed E-state index contributed by atoms with van der Waals surface area (Å²) in [7, 11) is 1.59. The van der Waals surface area contributed by atoms with Crippen molar-refractivity contribution in [3.05, 3.63) is 44.7 Å². The molecule has 1 aromatic carbocycles. The summed E-state index contributed by atoms with van der Waals surface area (Å²) >= 11 is 6.01. The average molecular weight is 238 g/mol. The Morgan fingerprint density at radius 1 is 1.44 bits per heavy atom. The van der Waals surface area contributed by atoms with Crippen LogP contribution in [-0.4, -0.2) is 12.1 Å². The number of aryl methyl sites for hydroxylation is 1. The van der Waals surface area contributed by atoms with Crippen LogP contribution in [0.25, 0.3) is 10.9 Å². The fraction of sp³-hybridized carbons (Fsp3) is 0.250. The molecule has 2 aromatic rings. The van der Waals surface area contributed by atoms with Gasteiger partial charge in [0.1, 0.15) is 0 Å². The second kappa shape index (κ2) is 4.28. The Morgan fingerprint density at radius 2 is 2.19 bits per heavy atom. The van der Waals surface area contributed by atoms with Crippen LogP contribution in [-0.2, 0) is 11.3 Å². The summed E-state index contributed by atoms with van der Waals surface area (Å²) in [6.45, 7) is 2.32. The Labute approximate surface area is 98.0 Å². The minimum absolute atomic E-state index is 0.0745. The van der Waals surface area contributed by atoms with Crippen molar-refractivity contribution in [2.24, 2.45) is 0 Å². The van der Waals surface area contributed by atoms with Crippen molar-refractivity contribution in [2.45, 2.75) is 13.5 Å². The van der Waals surface area contributed by atoms with Crippen LogP contribution in [0.2, 0.25) is 5.02 Å². The second-order valence-electron chi connectivity index (χ2n) is 3.71. The highest BCUT2D eigenvalue weighted by Gasteiger charge is 2.07. The predicted octanol–water partition coefficient (Wildman–Crippen LogP) is 2.64. The molecule has 0 spiro atoms. The normalized spacial score (nSPS) is 10.9. The molecule has 16 heavy (non-hydrogen) atoms. The fourth-order valence-electron chi connectivity index (χ4n) is 1.74. The van der Waals surface area contributed by atoms with Crippen LogP contribution in [0.5, 0.6) is 0 Å². The molecule has 0 bridgehead atoms. The molecule has 3 nitrogen and oxygen atoms in total. The third-order valence-corrected chi connectivity index (χ3v) is 2.81. The number of aromatic nitrogens is 1. The van der Waals surface area contributed by atoms with E-state index in [4.69, 9.17) is 16.3 Å². The fourth-order valence-corrected chi connectivity index (χ4v) is 1.99. The first kappa shape index (κ1) is 11.2. The number of H-pyrrole nitrogens is 1. The molecule has 0 atom stereocenters. The lowest BCUT2D eigenvalue weighted by Gasteiger charge is -2.07. The van der Waals surface area contributed by atoms with Crippen molar-refractivity contribution < 1.29 is 4.74 Å². The molecule has 0 saturated carbocycles. The number of methoxy groups -OCH3 is 1. The van der Waals surface area contributed by atoms with E-state index in [1.165, 1.54) is 6.07 Å². The molecule has 0 aliphatic heterocycles. The van der Waals surface area contributed by atoms with Crippen LogP contribution >= 0.6 is 11.6 Å². The van der Waals surface area contributed by atoms with Gasteiger partial charge in [0, 0.05) is 18.9 Å². The third kappa shape index (κ3) is 1.84. The van der Waals surface area contributed by atoms with Crippen LogP contribution in [0.3, 0.4) is 0 Å². The molecule has 1 N–H and O–H groups in total. The van der Waals surface area contributed by atoms with Gasteiger partial charge in [-0.05, 0) is 18.6 Å². The van der Waals surface area contributed by atoms with Gasteiger partial charge >= 0.3 is 0 Å². The van der Waals surface area contributed by atoms with Crippen LogP contribution in [0, 0.1) is 6.92 Å². The standard InChI is InChI=1S/C12H12ClNO2/c1-7-3-4-9(13)11-10(15)5-8(6-16-2)14-12(7)11/h3-5H,6H2,1-2H3,(H,14,15). The highest BCUT2D eigenvalue weighted by Crippen LogP contribution is 2.22. The monoisotopic (exact) mass is 237 g/mol. The number of hydrogen-bond acceptors (Lipinski definition) is 2. The van der Waals surface area contributed by atoms with Gasteiger partial charge in [0.15, 0.2) is 5.43 Å². The van der Waals surface area contributed by atoms with E-state index in [0.717, 1.165) is 16.8 Å². The molecule has 1 aromatic heterocycles. The number of pyridine rings is 1. The number of rotatable bonds is 2. The van der Waals surface area contributed by atoms with E-state index in [9.17, 15) is 4.79 Å². The number of benzene rings is 1. The Balaban J connectivity index is 2.81. The maximum atomic E-state index is 11.9. The first-order valence-electron chi connectivity index (χ1n) is 4.93. The highest BCUT2D eigenvalue weighted by molar-refractivity contribution is 6.35. The topological polar surface area (TPSA) is 42.1 Å². The Bertz CT molecular complexity index is 589. The predicted molar refractivity (Wildman–Crippen MR) is 65.0 cm³/mol. The van der Waals surface area contributed by atoms with Crippen molar-refractivity contribution in [1.82, 2.24) is 4.98 Å². The number of ether oxygens (including phenoxy) is 1. The van der Waals surface area contributed by atoms with Crippen molar-refractivity contribution in [3.63, 3.8) is 0 Å². The van der Waals surface area contributed by atoms with Gasteiger partial charge in [-0.1, -0.05) is 17.7 Å². The third-order valence-electron chi connectivity index (χ3n) is 2.50. The number of halogens is 1. The molecule has 0 amide bonds. The van der Waals surface area contributed by atoms with Gasteiger partial charge in [-0.2, -0.15) is 0 Å². The van der Waals surface area contributed by atoms with E-state index in [0.29, 0.717) is 17.0 Å². The van der Waals surface area contributed by atoms with Gasteiger partial charge in [0.2, 0.25) is 0 Å². The quantitative estimate of drug-likeness (QED) is 0.873. The van der Waals surface area contributed by atoms with Crippen molar-refractivity contribution >= 4 is 22.5 Å². The Morgan fingerprint density at radius 3 is 2.88 bits per heavy atom. The smallest absolute Gasteiger partial charge is 0.191 e. The summed E-state index contributed by atoms with van der Waals surface area (Å²) in [6, 6.07) is 5.15. The minimum Gasteiger partial charge on any atom is -0.378 e. The zero-order valence-corrected chi connectivity index (χ0v) is 9.89. The number of hydrogen-bond donors (Lipinski definition) is 1. The number of fused-ring (bicyclic) bond motifs is 1. The van der Waals surface area contributed by atoms with E-state index in [1.807, 2.05) is 13.0 Å². The maximum Gasteiger partial charge on any atom is 0.191 e. The van der Waals surface area contributed by atoms with Gasteiger partial charge in [0.25, 0.3) is 0 Å². The highest BCUT2D eigenvalue weighted by atomic mass is 35.5.